The lowest BCUT2D eigenvalue weighted by Gasteiger charge is -2.28. The van der Waals surface area contributed by atoms with Gasteiger partial charge >= 0.3 is 0 Å². The molecule has 3 heteroatoms. The van der Waals surface area contributed by atoms with Gasteiger partial charge in [0.1, 0.15) is 0 Å². The SMILES string of the molecule is CC(C)CC(C)(C)CNC(=O)[C@@H](N)C(C)C. The first-order valence-electron chi connectivity index (χ1n) is 6.19. The van der Waals surface area contributed by atoms with E-state index in [4.69, 9.17) is 5.73 Å². The van der Waals surface area contributed by atoms with Gasteiger partial charge in [-0.1, -0.05) is 41.5 Å². The molecule has 0 aromatic rings. The summed E-state index contributed by atoms with van der Waals surface area (Å²) in [6, 6.07) is -0.394. The van der Waals surface area contributed by atoms with Crippen molar-refractivity contribution in [3.63, 3.8) is 0 Å². The quantitative estimate of drug-likeness (QED) is 0.732. The molecular formula is C13H28N2O. The monoisotopic (exact) mass is 228 g/mol. The fourth-order valence-electron chi connectivity index (χ4n) is 1.92. The molecule has 0 aliphatic heterocycles. The predicted octanol–water partition coefficient (Wildman–Crippen LogP) is 2.16. The normalized spacial score (nSPS) is 14.3. The minimum atomic E-state index is -0.394. The molecule has 1 atom stereocenters. The standard InChI is InChI=1S/C13H28N2O/c1-9(2)7-13(5,6)8-15-12(16)11(14)10(3)4/h9-11H,7-8,14H2,1-6H3,(H,15,16)/t11-/m0/s1. The molecule has 0 rings (SSSR count). The predicted molar refractivity (Wildman–Crippen MR) is 69.1 cm³/mol. The summed E-state index contributed by atoms with van der Waals surface area (Å²) in [6.45, 7) is 13.4. The smallest absolute Gasteiger partial charge is 0.237 e. The summed E-state index contributed by atoms with van der Waals surface area (Å²) in [5.74, 6) is 0.797. The molecule has 3 N–H and O–H groups in total. The summed E-state index contributed by atoms with van der Waals surface area (Å²) >= 11 is 0. The number of rotatable bonds is 6. The van der Waals surface area contributed by atoms with Crippen LogP contribution in [0.15, 0.2) is 0 Å². The number of nitrogens with one attached hydrogen (secondary N) is 1. The third-order valence-corrected chi connectivity index (χ3v) is 2.72. The third kappa shape index (κ3) is 6.11. The van der Waals surface area contributed by atoms with Gasteiger partial charge in [0.05, 0.1) is 6.04 Å². The highest BCUT2D eigenvalue weighted by molar-refractivity contribution is 5.81. The van der Waals surface area contributed by atoms with Gasteiger partial charge in [0.25, 0.3) is 0 Å². The minimum absolute atomic E-state index is 0.0353. The van der Waals surface area contributed by atoms with E-state index in [2.05, 4.69) is 33.0 Å². The third-order valence-electron chi connectivity index (χ3n) is 2.72. The summed E-state index contributed by atoms with van der Waals surface area (Å²) in [4.78, 5) is 11.7. The maximum absolute atomic E-state index is 11.7. The molecule has 0 radical (unpaired) electrons. The van der Waals surface area contributed by atoms with E-state index >= 15 is 0 Å². The maximum atomic E-state index is 11.7. The van der Waals surface area contributed by atoms with Crippen LogP contribution in [0.2, 0.25) is 0 Å². The van der Waals surface area contributed by atoms with Gasteiger partial charge in [0.15, 0.2) is 0 Å². The van der Waals surface area contributed by atoms with E-state index in [1.165, 1.54) is 0 Å². The van der Waals surface area contributed by atoms with Crippen molar-refractivity contribution in [2.75, 3.05) is 6.54 Å². The Balaban J connectivity index is 4.09. The van der Waals surface area contributed by atoms with Gasteiger partial charge < -0.3 is 11.1 Å². The number of nitrogens with two attached hydrogens (primary N) is 1. The van der Waals surface area contributed by atoms with Crippen molar-refractivity contribution in [2.24, 2.45) is 23.0 Å². The molecule has 0 unspecified atom stereocenters. The average Bonchev–Trinajstić information content (AvgIpc) is 2.10. The van der Waals surface area contributed by atoms with Crippen LogP contribution in [0.3, 0.4) is 0 Å². The van der Waals surface area contributed by atoms with Gasteiger partial charge in [-0.15, -0.1) is 0 Å². The highest BCUT2D eigenvalue weighted by atomic mass is 16.2. The fraction of sp³-hybridized carbons (Fsp3) is 0.923. The van der Waals surface area contributed by atoms with E-state index in [9.17, 15) is 4.79 Å². The molecule has 0 aromatic carbocycles. The van der Waals surface area contributed by atoms with Crippen molar-refractivity contribution in [3.05, 3.63) is 0 Å². The van der Waals surface area contributed by atoms with Gasteiger partial charge in [-0.25, -0.2) is 0 Å². The zero-order chi connectivity index (χ0) is 12.9. The Bertz CT molecular complexity index is 222. The Morgan fingerprint density at radius 1 is 1.25 bits per heavy atom. The van der Waals surface area contributed by atoms with Gasteiger partial charge in [-0.05, 0) is 23.7 Å². The van der Waals surface area contributed by atoms with Crippen molar-refractivity contribution in [1.29, 1.82) is 0 Å². The zero-order valence-electron chi connectivity index (χ0n) is 11.6. The molecule has 0 bridgehead atoms. The summed E-state index contributed by atoms with van der Waals surface area (Å²) < 4.78 is 0. The molecule has 1 amide bonds. The Labute approximate surface area is 100 Å². The summed E-state index contributed by atoms with van der Waals surface area (Å²) in [5.41, 5.74) is 5.92. The van der Waals surface area contributed by atoms with Crippen LogP contribution in [0, 0.1) is 17.3 Å². The highest BCUT2D eigenvalue weighted by Gasteiger charge is 2.23. The Morgan fingerprint density at radius 3 is 2.12 bits per heavy atom. The molecule has 0 heterocycles. The number of carbonyl (C=O) groups is 1. The molecule has 0 aliphatic rings. The van der Waals surface area contributed by atoms with Crippen LogP contribution in [-0.2, 0) is 4.79 Å². The number of carbonyl (C=O) groups excluding carboxylic acids is 1. The lowest BCUT2D eigenvalue weighted by molar-refractivity contribution is -0.123. The van der Waals surface area contributed by atoms with Crippen LogP contribution in [0.4, 0.5) is 0 Å². The van der Waals surface area contributed by atoms with Gasteiger partial charge in [0.2, 0.25) is 5.91 Å². The molecule has 3 nitrogen and oxygen atoms in total. The van der Waals surface area contributed by atoms with Crippen LogP contribution >= 0.6 is 0 Å². The van der Waals surface area contributed by atoms with Crippen LogP contribution in [0.25, 0.3) is 0 Å². The first-order chi connectivity index (χ1) is 7.15. The van der Waals surface area contributed by atoms with Crippen LogP contribution in [0.5, 0.6) is 0 Å². The van der Waals surface area contributed by atoms with E-state index < -0.39 is 6.04 Å². The molecule has 0 spiro atoms. The molecule has 16 heavy (non-hydrogen) atoms. The topological polar surface area (TPSA) is 55.1 Å². The van der Waals surface area contributed by atoms with Gasteiger partial charge in [0, 0.05) is 6.54 Å². The maximum Gasteiger partial charge on any atom is 0.237 e. The summed E-state index contributed by atoms with van der Waals surface area (Å²) in [5, 5.41) is 2.95. The summed E-state index contributed by atoms with van der Waals surface area (Å²) in [7, 11) is 0. The Morgan fingerprint density at radius 2 is 1.75 bits per heavy atom. The number of amides is 1. The molecule has 0 saturated carbocycles. The Hall–Kier alpha value is -0.570. The van der Waals surface area contributed by atoms with E-state index in [0.717, 1.165) is 6.42 Å². The van der Waals surface area contributed by atoms with Gasteiger partial charge in [-0.2, -0.15) is 0 Å². The first kappa shape index (κ1) is 15.4. The number of hydrogen-bond acceptors (Lipinski definition) is 2. The van der Waals surface area contributed by atoms with E-state index in [0.29, 0.717) is 12.5 Å². The molecule has 96 valence electrons. The van der Waals surface area contributed by atoms with Crippen molar-refractivity contribution < 1.29 is 4.79 Å². The van der Waals surface area contributed by atoms with E-state index in [1.807, 2.05) is 13.8 Å². The van der Waals surface area contributed by atoms with Crippen molar-refractivity contribution >= 4 is 5.91 Å². The molecule has 0 aliphatic carbocycles. The van der Waals surface area contributed by atoms with E-state index in [1.54, 1.807) is 0 Å². The van der Waals surface area contributed by atoms with Crippen LogP contribution in [0.1, 0.15) is 48.0 Å². The Kier molecular flexibility index (Phi) is 6.01. The second-order valence-electron chi connectivity index (χ2n) is 6.25. The van der Waals surface area contributed by atoms with Gasteiger partial charge in [-0.3, -0.25) is 4.79 Å². The largest absolute Gasteiger partial charge is 0.354 e. The molecule has 0 aromatic heterocycles. The van der Waals surface area contributed by atoms with Crippen molar-refractivity contribution in [1.82, 2.24) is 5.32 Å². The fourth-order valence-corrected chi connectivity index (χ4v) is 1.92. The zero-order valence-corrected chi connectivity index (χ0v) is 11.6. The molecule has 0 saturated heterocycles. The van der Waals surface area contributed by atoms with Crippen molar-refractivity contribution in [2.45, 2.75) is 54.0 Å². The highest BCUT2D eigenvalue weighted by Crippen LogP contribution is 2.24. The summed E-state index contributed by atoms with van der Waals surface area (Å²) in [6.07, 6.45) is 1.10. The van der Waals surface area contributed by atoms with Crippen LogP contribution < -0.4 is 11.1 Å². The second-order valence-corrected chi connectivity index (χ2v) is 6.25. The lowest BCUT2D eigenvalue weighted by Crippen LogP contribution is -2.46. The van der Waals surface area contributed by atoms with E-state index in [-0.39, 0.29) is 17.2 Å². The lowest BCUT2D eigenvalue weighted by atomic mass is 9.84. The second kappa shape index (κ2) is 6.24. The minimum Gasteiger partial charge on any atom is -0.354 e. The first-order valence-corrected chi connectivity index (χ1v) is 6.19. The van der Waals surface area contributed by atoms with Crippen molar-refractivity contribution in [3.8, 4) is 0 Å². The molecular weight excluding hydrogens is 200 g/mol. The van der Waals surface area contributed by atoms with Crippen LogP contribution in [-0.4, -0.2) is 18.5 Å². The average molecular weight is 228 g/mol. The number of hydrogen-bond donors (Lipinski definition) is 2. The molecule has 0 fully saturated rings.